The quantitative estimate of drug-likeness (QED) is 0.830. The van der Waals surface area contributed by atoms with Crippen LogP contribution in [0.2, 0.25) is 0 Å². The van der Waals surface area contributed by atoms with Crippen LogP contribution in [0, 0.1) is 5.82 Å². The number of hydrogen-bond acceptors (Lipinski definition) is 2. The van der Waals surface area contributed by atoms with Crippen molar-refractivity contribution >= 4 is 11.6 Å². The number of hydrogen-bond donors (Lipinski definition) is 2. The van der Waals surface area contributed by atoms with Crippen LogP contribution in [0.3, 0.4) is 0 Å². The van der Waals surface area contributed by atoms with Gasteiger partial charge in [-0.1, -0.05) is 30.3 Å². The Morgan fingerprint density at radius 1 is 1.24 bits per heavy atom. The summed E-state index contributed by atoms with van der Waals surface area (Å²) >= 11 is 0. The summed E-state index contributed by atoms with van der Waals surface area (Å²) in [6.45, 7) is 2.24. The van der Waals surface area contributed by atoms with E-state index in [0.29, 0.717) is 24.2 Å². The average molecular weight is 286 g/mol. The van der Waals surface area contributed by atoms with E-state index in [2.05, 4.69) is 5.32 Å². The molecule has 0 aromatic heterocycles. The SMILES string of the molecule is CC(C(=O)NCCc1ccccc1F)c1cccc(N)c1. The second-order valence-electron chi connectivity index (χ2n) is 5.02. The van der Waals surface area contributed by atoms with E-state index in [-0.39, 0.29) is 17.6 Å². The molecule has 0 aliphatic carbocycles. The van der Waals surface area contributed by atoms with Gasteiger partial charge >= 0.3 is 0 Å². The maximum absolute atomic E-state index is 13.5. The molecule has 2 aromatic carbocycles. The Morgan fingerprint density at radius 2 is 2.00 bits per heavy atom. The van der Waals surface area contributed by atoms with Gasteiger partial charge in [0.1, 0.15) is 5.82 Å². The first kappa shape index (κ1) is 15.0. The Labute approximate surface area is 124 Å². The van der Waals surface area contributed by atoms with Gasteiger partial charge in [0.05, 0.1) is 5.92 Å². The van der Waals surface area contributed by atoms with E-state index < -0.39 is 0 Å². The fraction of sp³-hybridized carbons (Fsp3) is 0.235. The lowest BCUT2D eigenvalue weighted by atomic mass is 10.00. The number of amides is 1. The van der Waals surface area contributed by atoms with Gasteiger partial charge in [0, 0.05) is 12.2 Å². The molecule has 21 heavy (non-hydrogen) atoms. The zero-order valence-electron chi connectivity index (χ0n) is 12.0. The Bertz CT molecular complexity index is 628. The van der Waals surface area contributed by atoms with Gasteiger partial charge in [0.2, 0.25) is 5.91 Å². The van der Waals surface area contributed by atoms with Crippen molar-refractivity contribution in [1.82, 2.24) is 5.32 Å². The highest BCUT2D eigenvalue weighted by Gasteiger charge is 2.14. The van der Waals surface area contributed by atoms with Gasteiger partial charge in [-0.05, 0) is 42.7 Å². The second-order valence-corrected chi connectivity index (χ2v) is 5.02. The van der Waals surface area contributed by atoms with Gasteiger partial charge in [-0.25, -0.2) is 4.39 Å². The van der Waals surface area contributed by atoms with Gasteiger partial charge in [0.25, 0.3) is 0 Å². The molecule has 0 aliphatic rings. The van der Waals surface area contributed by atoms with Crippen LogP contribution < -0.4 is 11.1 Å². The van der Waals surface area contributed by atoms with Crippen molar-refractivity contribution in [3.05, 3.63) is 65.5 Å². The molecule has 0 spiro atoms. The number of benzene rings is 2. The molecule has 0 radical (unpaired) electrons. The lowest BCUT2D eigenvalue weighted by molar-refractivity contribution is -0.122. The summed E-state index contributed by atoms with van der Waals surface area (Å²) in [7, 11) is 0. The van der Waals surface area contributed by atoms with Crippen LogP contribution in [0.1, 0.15) is 24.0 Å². The van der Waals surface area contributed by atoms with E-state index in [1.165, 1.54) is 6.07 Å². The molecular weight excluding hydrogens is 267 g/mol. The van der Waals surface area contributed by atoms with Gasteiger partial charge < -0.3 is 11.1 Å². The molecule has 4 heteroatoms. The summed E-state index contributed by atoms with van der Waals surface area (Å²) in [6.07, 6.45) is 0.474. The minimum absolute atomic E-state index is 0.0862. The predicted octanol–water partition coefficient (Wildman–Crippen LogP) is 2.87. The minimum Gasteiger partial charge on any atom is -0.399 e. The molecule has 2 rings (SSSR count). The van der Waals surface area contributed by atoms with Crippen LogP contribution in [0.15, 0.2) is 48.5 Å². The third-order valence-electron chi connectivity index (χ3n) is 3.46. The van der Waals surface area contributed by atoms with Crippen LogP contribution in [-0.4, -0.2) is 12.5 Å². The summed E-state index contributed by atoms with van der Waals surface area (Å²) in [4.78, 5) is 12.1. The Balaban J connectivity index is 1.89. The van der Waals surface area contributed by atoms with E-state index in [9.17, 15) is 9.18 Å². The molecule has 3 N–H and O–H groups in total. The maximum Gasteiger partial charge on any atom is 0.227 e. The third kappa shape index (κ3) is 4.05. The topological polar surface area (TPSA) is 55.1 Å². The van der Waals surface area contributed by atoms with E-state index >= 15 is 0 Å². The van der Waals surface area contributed by atoms with Crippen molar-refractivity contribution in [2.75, 3.05) is 12.3 Å². The summed E-state index contributed by atoms with van der Waals surface area (Å²) < 4.78 is 13.5. The highest BCUT2D eigenvalue weighted by atomic mass is 19.1. The fourth-order valence-electron chi connectivity index (χ4n) is 2.15. The third-order valence-corrected chi connectivity index (χ3v) is 3.46. The lowest BCUT2D eigenvalue weighted by Crippen LogP contribution is -2.30. The normalized spacial score (nSPS) is 11.9. The monoisotopic (exact) mass is 286 g/mol. The number of carbonyl (C=O) groups excluding carboxylic acids is 1. The molecule has 0 saturated heterocycles. The molecule has 1 amide bonds. The number of carbonyl (C=O) groups is 1. The standard InChI is InChI=1S/C17H19FN2O/c1-12(14-6-4-7-15(19)11-14)17(21)20-10-9-13-5-2-3-8-16(13)18/h2-8,11-12H,9-10,19H2,1H3,(H,20,21). The maximum atomic E-state index is 13.5. The first-order valence-electron chi connectivity index (χ1n) is 6.94. The van der Waals surface area contributed by atoms with Crippen LogP contribution in [0.25, 0.3) is 0 Å². The zero-order chi connectivity index (χ0) is 15.2. The summed E-state index contributed by atoms with van der Waals surface area (Å²) in [6, 6.07) is 13.9. The van der Waals surface area contributed by atoms with Crippen molar-refractivity contribution in [3.8, 4) is 0 Å². The Hall–Kier alpha value is -2.36. The first-order chi connectivity index (χ1) is 10.1. The average Bonchev–Trinajstić information content (AvgIpc) is 2.48. The summed E-state index contributed by atoms with van der Waals surface area (Å²) in [5, 5.41) is 2.83. The molecule has 0 saturated carbocycles. The molecule has 0 fully saturated rings. The lowest BCUT2D eigenvalue weighted by Gasteiger charge is -2.13. The molecule has 0 bridgehead atoms. The zero-order valence-corrected chi connectivity index (χ0v) is 12.0. The Morgan fingerprint density at radius 3 is 2.71 bits per heavy atom. The van der Waals surface area contributed by atoms with Crippen molar-refractivity contribution in [2.45, 2.75) is 19.3 Å². The second kappa shape index (κ2) is 6.88. The van der Waals surface area contributed by atoms with Gasteiger partial charge in [-0.15, -0.1) is 0 Å². The predicted molar refractivity (Wildman–Crippen MR) is 82.4 cm³/mol. The van der Waals surface area contributed by atoms with Gasteiger partial charge in [-0.2, -0.15) is 0 Å². The first-order valence-corrected chi connectivity index (χ1v) is 6.94. The molecule has 0 aliphatic heterocycles. The van der Waals surface area contributed by atoms with Gasteiger partial charge in [-0.3, -0.25) is 4.79 Å². The smallest absolute Gasteiger partial charge is 0.227 e. The highest BCUT2D eigenvalue weighted by Crippen LogP contribution is 2.17. The van der Waals surface area contributed by atoms with E-state index in [1.54, 1.807) is 30.3 Å². The van der Waals surface area contributed by atoms with Crippen molar-refractivity contribution in [1.29, 1.82) is 0 Å². The largest absolute Gasteiger partial charge is 0.399 e. The van der Waals surface area contributed by atoms with E-state index in [4.69, 9.17) is 5.73 Å². The fourth-order valence-corrected chi connectivity index (χ4v) is 2.15. The molecule has 110 valence electrons. The number of nitrogen functional groups attached to an aromatic ring is 1. The molecule has 0 heterocycles. The summed E-state index contributed by atoms with van der Waals surface area (Å²) in [5.41, 5.74) is 7.83. The molecule has 1 unspecified atom stereocenters. The van der Waals surface area contributed by atoms with Crippen LogP contribution in [-0.2, 0) is 11.2 Å². The van der Waals surface area contributed by atoms with Gasteiger partial charge in [0.15, 0.2) is 0 Å². The van der Waals surface area contributed by atoms with Crippen molar-refractivity contribution in [3.63, 3.8) is 0 Å². The molecule has 2 aromatic rings. The molecule has 3 nitrogen and oxygen atoms in total. The number of nitrogens with one attached hydrogen (secondary N) is 1. The highest BCUT2D eigenvalue weighted by molar-refractivity contribution is 5.83. The Kier molecular flexibility index (Phi) is 4.93. The number of anilines is 1. The minimum atomic E-state index is -0.283. The van der Waals surface area contributed by atoms with Crippen LogP contribution in [0.5, 0.6) is 0 Å². The van der Waals surface area contributed by atoms with E-state index in [0.717, 1.165) is 5.56 Å². The van der Waals surface area contributed by atoms with Crippen LogP contribution in [0.4, 0.5) is 10.1 Å². The molecular formula is C17H19FN2O. The number of halogens is 1. The van der Waals surface area contributed by atoms with Crippen molar-refractivity contribution in [2.24, 2.45) is 0 Å². The van der Waals surface area contributed by atoms with Crippen molar-refractivity contribution < 1.29 is 9.18 Å². The summed E-state index contributed by atoms with van der Waals surface area (Å²) in [5.74, 6) is -0.610. The number of nitrogens with two attached hydrogens (primary N) is 1. The van der Waals surface area contributed by atoms with Crippen LogP contribution >= 0.6 is 0 Å². The molecule has 1 atom stereocenters. The number of rotatable bonds is 5. The van der Waals surface area contributed by atoms with E-state index in [1.807, 2.05) is 19.1 Å².